The topological polar surface area (TPSA) is 54.0 Å². The highest BCUT2D eigenvalue weighted by atomic mass is 19.1. The first-order valence-electron chi connectivity index (χ1n) is 12.0. The number of hydrogen-bond acceptors (Lipinski definition) is 4. The number of amides is 2. The minimum Gasteiger partial charge on any atom is -0.489 e. The van der Waals surface area contributed by atoms with E-state index in [1.54, 1.807) is 23.1 Å². The molecule has 0 radical (unpaired) electrons. The van der Waals surface area contributed by atoms with E-state index in [2.05, 4.69) is 10.2 Å². The minimum absolute atomic E-state index is 0.177. The maximum atomic E-state index is 14.1. The van der Waals surface area contributed by atoms with Gasteiger partial charge in [0.1, 0.15) is 18.2 Å². The van der Waals surface area contributed by atoms with E-state index in [9.17, 15) is 9.18 Å². The summed E-state index contributed by atoms with van der Waals surface area (Å²) in [5.74, 6) is 0.291. The van der Waals surface area contributed by atoms with E-state index < -0.39 is 5.82 Å². The highest BCUT2D eigenvalue weighted by Crippen LogP contribution is 2.19. The molecule has 0 saturated carbocycles. The van der Waals surface area contributed by atoms with E-state index in [1.807, 2.05) is 54.6 Å². The van der Waals surface area contributed by atoms with Crippen molar-refractivity contribution in [2.24, 2.45) is 0 Å². The first kappa shape index (κ1) is 24.7. The Morgan fingerprint density at radius 3 is 2.51 bits per heavy atom. The zero-order chi connectivity index (χ0) is 24.3. The summed E-state index contributed by atoms with van der Waals surface area (Å²) in [6.07, 6.45) is 0.814. The van der Waals surface area contributed by atoms with Crippen LogP contribution in [0.25, 0.3) is 0 Å². The van der Waals surface area contributed by atoms with Crippen LogP contribution in [-0.4, -0.2) is 55.2 Å². The van der Waals surface area contributed by atoms with Crippen LogP contribution in [0.1, 0.15) is 17.5 Å². The van der Waals surface area contributed by atoms with Crippen LogP contribution >= 0.6 is 0 Å². The quantitative estimate of drug-likeness (QED) is 0.438. The molecule has 1 aliphatic rings. The number of morpholine rings is 1. The maximum Gasteiger partial charge on any atom is 0.322 e. The summed E-state index contributed by atoms with van der Waals surface area (Å²) in [5, 5.41) is 2.73. The van der Waals surface area contributed by atoms with Gasteiger partial charge in [0.15, 0.2) is 0 Å². The number of para-hydroxylation sites is 1. The molecule has 2 amide bonds. The number of urea groups is 1. The van der Waals surface area contributed by atoms with Crippen LogP contribution < -0.4 is 10.1 Å². The molecule has 3 aromatic carbocycles. The molecule has 3 aromatic rings. The summed E-state index contributed by atoms with van der Waals surface area (Å²) in [4.78, 5) is 17.2. The molecule has 6 nitrogen and oxygen atoms in total. The lowest BCUT2D eigenvalue weighted by Crippen LogP contribution is -2.40. The first-order valence-corrected chi connectivity index (χ1v) is 12.0. The van der Waals surface area contributed by atoms with Gasteiger partial charge in [0.2, 0.25) is 0 Å². The Morgan fingerprint density at radius 1 is 0.971 bits per heavy atom. The number of ether oxygens (including phenoxy) is 2. The molecule has 35 heavy (non-hydrogen) atoms. The van der Waals surface area contributed by atoms with Gasteiger partial charge >= 0.3 is 6.03 Å². The second-order valence-corrected chi connectivity index (χ2v) is 8.56. The highest BCUT2D eigenvalue weighted by Gasteiger charge is 2.17. The predicted molar refractivity (Wildman–Crippen MR) is 135 cm³/mol. The molecule has 1 N–H and O–H groups in total. The number of nitrogens with one attached hydrogen (secondary N) is 1. The van der Waals surface area contributed by atoms with Crippen LogP contribution in [0.4, 0.5) is 14.9 Å². The van der Waals surface area contributed by atoms with Crippen LogP contribution in [-0.2, 0) is 17.9 Å². The molecular weight excluding hydrogens is 445 g/mol. The van der Waals surface area contributed by atoms with Gasteiger partial charge in [-0.25, -0.2) is 9.18 Å². The Balaban J connectivity index is 1.40. The van der Waals surface area contributed by atoms with Crippen molar-refractivity contribution in [3.05, 3.63) is 95.8 Å². The van der Waals surface area contributed by atoms with Gasteiger partial charge in [0, 0.05) is 32.7 Å². The molecule has 1 saturated heterocycles. The van der Waals surface area contributed by atoms with Crippen molar-refractivity contribution in [2.45, 2.75) is 19.6 Å². The molecule has 4 rings (SSSR count). The van der Waals surface area contributed by atoms with Crippen molar-refractivity contribution >= 4 is 11.7 Å². The van der Waals surface area contributed by atoms with Gasteiger partial charge < -0.3 is 19.7 Å². The number of rotatable bonds is 10. The average molecular weight is 478 g/mol. The summed E-state index contributed by atoms with van der Waals surface area (Å²) in [7, 11) is 0. The van der Waals surface area contributed by atoms with Crippen molar-refractivity contribution in [1.82, 2.24) is 9.80 Å². The van der Waals surface area contributed by atoms with Crippen molar-refractivity contribution in [1.29, 1.82) is 0 Å². The third-order valence-corrected chi connectivity index (χ3v) is 5.93. The molecule has 0 bridgehead atoms. The second kappa shape index (κ2) is 12.9. The fourth-order valence-electron chi connectivity index (χ4n) is 4.01. The molecule has 0 unspecified atom stereocenters. The largest absolute Gasteiger partial charge is 0.489 e. The summed E-state index contributed by atoms with van der Waals surface area (Å²) in [6.45, 7) is 5.60. The molecule has 0 aromatic heterocycles. The zero-order valence-corrected chi connectivity index (χ0v) is 19.9. The van der Waals surface area contributed by atoms with Crippen LogP contribution in [0.3, 0.4) is 0 Å². The Hall–Kier alpha value is -3.42. The number of anilines is 1. The van der Waals surface area contributed by atoms with Gasteiger partial charge in [0.25, 0.3) is 0 Å². The smallest absolute Gasteiger partial charge is 0.322 e. The number of carbonyl (C=O) groups is 1. The number of halogens is 1. The lowest BCUT2D eigenvalue weighted by atomic mass is 10.2. The van der Waals surface area contributed by atoms with Crippen molar-refractivity contribution in [2.75, 3.05) is 44.7 Å². The van der Waals surface area contributed by atoms with E-state index in [0.717, 1.165) is 56.1 Å². The van der Waals surface area contributed by atoms with Gasteiger partial charge in [-0.05, 0) is 41.8 Å². The summed E-state index contributed by atoms with van der Waals surface area (Å²) in [6, 6.07) is 23.6. The number of carbonyl (C=O) groups excluding carboxylic acids is 1. The van der Waals surface area contributed by atoms with Crippen LogP contribution in [0.5, 0.6) is 5.75 Å². The monoisotopic (exact) mass is 477 g/mol. The number of hydrogen-bond donors (Lipinski definition) is 1. The van der Waals surface area contributed by atoms with Crippen LogP contribution in [0.2, 0.25) is 0 Å². The molecule has 1 fully saturated rings. The van der Waals surface area contributed by atoms with E-state index in [0.29, 0.717) is 19.7 Å². The average Bonchev–Trinajstić information content (AvgIpc) is 2.90. The molecule has 184 valence electrons. The fraction of sp³-hybridized carbons (Fsp3) is 0.321. The van der Waals surface area contributed by atoms with Crippen molar-refractivity contribution < 1.29 is 18.7 Å². The molecule has 0 atom stereocenters. The van der Waals surface area contributed by atoms with Gasteiger partial charge in [-0.1, -0.05) is 54.6 Å². The number of benzene rings is 3. The third kappa shape index (κ3) is 7.80. The molecule has 1 heterocycles. The molecule has 7 heteroatoms. The second-order valence-electron chi connectivity index (χ2n) is 8.56. The van der Waals surface area contributed by atoms with E-state index in [1.165, 1.54) is 6.07 Å². The first-order chi connectivity index (χ1) is 17.2. The third-order valence-electron chi connectivity index (χ3n) is 5.93. The highest BCUT2D eigenvalue weighted by molar-refractivity contribution is 5.89. The molecule has 0 aliphatic carbocycles. The number of nitrogens with zero attached hydrogens (tertiary/aromatic N) is 2. The lowest BCUT2D eigenvalue weighted by Gasteiger charge is -2.28. The normalized spacial score (nSPS) is 13.9. The molecular formula is C28H32FN3O3. The Labute approximate surface area is 206 Å². The predicted octanol–water partition coefficient (Wildman–Crippen LogP) is 5.16. The van der Waals surface area contributed by atoms with Gasteiger partial charge in [-0.2, -0.15) is 0 Å². The SMILES string of the molecule is O=C(Nc1ccccc1F)N(CCCN1CCOCC1)Cc1cccc(OCc2ccccc2)c1. The Kier molecular flexibility index (Phi) is 9.09. The summed E-state index contributed by atoms with van der Waals surface area (Å²) in [5.41, 5.74) is 2.22. The van der Waals surface area contributed by atoms with Crippen LogP contribution in [0.15, 0.2) is 78.9 Å². The van der Waals surface area contributed by atoms with Gasteiger partial charge in [-0.3, -0.25) is 4.90 Å². The summed E-state index contributed by atoms with van der Waals surface area (Å²) < 4.78 is 25.5. The minimum atomic E-state index is -0.453. The zero-order valence-electron chi connectivity index (χ0n) is 19.9. The van der Waals surface area contributed by atoms with Gasteiger partial charge in [-0.15, -0.1) is 0 Å². The fourth-order valence-corrected chi connectivity index (χ4v) is 4.01. The Bertz CT molecular complexity index is 1070. The van der Waals surface area contributed by atoms with E-state index in [4.69, 9.17) is 9.47 Å². The van der Waals surface area contributed by atoms with E-state index in [-0.39, 0.29) is 11.7 Å². The van der Waals surface area contributed by atoms with Crippen LogP contribution in [0, 0.1) is 5.82 Å². The summed E-state index contributed by atoms with van der Waals surface area (Å²) >= 11 is 0. The van der Waals surface area contributed by atoms with Crippen molar-refractivity contribution in [3.8, 4) is 5.75 Å². The van der Waals surface area contributed by atoms with E-state index >= 15 is 0 Å². The van der Waals surface area contributed by atoms with Gasteiger partial charge in [0.05, 0.1) is 18.9 Å². The maximum absolute atomic E-state index is 14.1. The molecule has 1 aliphatic heterocycles. The Morgan fingerprint density at radius 2 is 1.71 bits per heavy atom. The standard InChI is InChI=1S/C28H32FN3O3/c29-26-12-4-5-13-27(26)30-28(33)32(15-7-14-31-16-18-34-19-17-31)21-24-10-6-11-25(20-24)35-22-23-8-2-1-3-9-23/h1-6,8-13,20H,7,14-19,21-22H2,(H,30,33). The molecule has 0 spiro atoms. The van der Waals surface area contributed by atoms with Crippen molar-refractivity contribution in [3.63, 3.8) is 0 Å². The lowest BCUT2D eigenvalue weighted by molar-refractivity contribution is 0.0365.